The number of likely N-dealkylation sites (tertiary alicyclic amines) is 1. The predicted molar refractivity (Wildman–Crippen MR) is 78.4 cm³/mol. The van der Waals surface area contributed by atoms with E-state index in [-0.39, 0.29) is 29.4 Å². The molecule has 1 saturated carbocycles. The molecule has 3 rings (SSSR count). The zero-order chi connectivity index (χ0) is 15.0. The number of aliphatic hydroxyl groups is 1. The minimum Gasteiger partial charge on any atom is -0.388 e. The maximum absolute atomic E-state index is 12.3. The first-order valence-corrected chi connectivity index (χ1v) is 8.14. The van der Waals surface area contributed by atoms with Crippen LogP contribution in [0.25, 0.3) is 0 Å². The van der Waals surface area contributed by atoms with Gasteiger partial charge in [0.25, 0.3) is 11.8 Å². The van der Waals surface area contributed by atoms with Crippen LogP contribution in [0.5, 0.6) is 0 Å². The lowest BCUT2D eigenvalue weighted by Gasteiger charge is -2.19. The van der Waals surface area contributed by atoms with E-state index < -0.39 is 5.60 Å². The molecule has 0 spiro atoms. The molecule has 0 bridgehead atoms. The second-order valence-corrected chi connectivity index (χ2v) is 6.79. The fourth-order valence-corrected chi connectivity index (χ4v) is 3.21. The average molecular weight is 309 g/mol. The number of carbonyl (C=O) groups is 2. The molecule has 1 aliphatic carbocycles. The summed E-state index contributed by atoms with van der Waals surface area (Å²) in [5.74, 6) is -0.426. The minimum absolute atomic E-state index is 0.101. The number of hydrogen-bond acceptors (Lipinski definition) is 5. The van der Waals surface area contributed by atoms with Gasteiger partial charge < -0.3 is 15.3 Å². The number of carbonyl (C=O) groups excluding carboxylic acids is 2. The van der Waals surface area contributed by atoms with Crippen LogP contribution in [0.2, 0.25) is 0 Å². The molecule has 2 heterocycles. The van der Waals surface area contributed by atoms with E-state index in [1.807, 2.05) is 11.8 Å². The van der Waals surface area contributed by atoms with E-state index in [2.05, 4.69) is 10.3 Å². The molecule has 1 aromatic rings. The van der Waals surface area contributed by atoms with E-state index in [1.165, 1.54) is 0 Å². The maximum atomic E-state index is 12.3. The van der Waals surface area contributed by atoms with Crippen molar-refractivity contribution < 1.29 is 14.7 Å². The summed E-state index contributed by atoms with van der Waals surface area (Å²) in [5, 5.41) is 14.3. The SMILES string of the molecule is CC1CCCN1C(=O)c1csc(C(=O)NCC2(O)CC2)n1. The largest absolute Gasteiger partial charge is 0.388 e. The van der Waals surface area contributed by atoms with E-state index in [0.29, 0.717) is 5.69 Å². The molecule has 1 saturated heterocycles. The fourth-order valence-electron chi connectivity index (χ4n) is 2.50. The lowest BCUT2D eigenvalue weighted by atomic mass is 10.2. The molecule has 2 aliphatic rings. The van der Waals surface area contributed by atoms with Gasteiger partial charge in [0.1, 0.15) is 5.69 Å². The third-order valence-electron chi connectivity index (χ3n) is 4.14. The highest BCUT2D eigenvalue weighted by Crippen LogP contribution is 2.34. The van der Waals surface area contributed by atoms with Gasteiger partial charge in [-0.05, 0) is 32.6 Å². The van der Waals surface area contributed by atoms with Crippen LogP contribution in [0, 0.1) is 0 Å². The van der Waals surface area contributed by atoms with Gasteiger partial charge in [0.15, 0.2) is 5.01 Å². The van der Waals surface area contributed by atoms with Crippen molar-refractivity contribution in [3.63, 3.8) is 0 Å². The van der Waals surface area contributed by atoms with E-state index in [1.54, 1.807) is 5.38 Å². The van der Waals surface area contributed by atoms with Gasteiger partial charge in [-0.15, -0.1) is 11.3 Å². The Labute approximate surface area is 127 Å². The van der Waals surface area contributed by atoms with E-state index >= 15 is 0 Å². The average Bonchev–Trinajstić information content (AvgIpc) is 2.90. The fraction of sp³-hybridized carbons (Fsp3) is 0.643. The summed E-state index contributed by atoms with van der Waals surface area (Å²) in [7, 11) is 0. The van der Waals surface area contributed by atoms with Crippen LogP contribution in [0.4, 0.5) is 0 Å². The lowest BCUT2D eigenvalue weighted by Crippen LogP contribution is -2.34. The van der Waals surface area contributed by atoms with Crippen LogP contribution >= 0.6 is 11.3 Å². The van der Waals surface area contributed by atoms with E-state index in [0.717, 1.165) is 43.6 Å². The zero-order valence-corrected chi connectivity index (χ0v) is 12.8. The van der Waals surface area contributed by atoms with Crippen molar-refractivity contribution in [1.82, 2.24) is 15.2 Å². The molecule has 7 heteroatoms. The first kappa shape index (κ1) is 14.5. The second kappa shape index (κ2) is 5.38. The van der Waals surface area contributed by atoms with Gasteiger partial charge in [-0.1, -0.05) is 0 Å². The molecule has 1 aromatic heterocycles. The monoisotopic (exact) mass is 309 g/mol. The van der Waals surface area contributed by atoms with Crippen LogP contribution in [0.3, 0.4) is 0 Å². The quantitative estimate of drug-likeness (QED) is 0.870. The Hall–Kier alpha value is -1.47. The summed E-state index contributed by atoms with van der Waals surface area (Å²) in [4.78, 5) is 30.2. The van der Waals surface area contributed by atoms with Crippen molar-refractivity contribution in [3.05, 3.63) is 16.1 Å². The van der Waals surface area contributed by atoms with Crippen LogP contribution in [0.1, 0.15) is 52.9 Å². The topological polar surface area (TPSA) is 82.5 Å². The summed E-state index contributed by atoms with van der Waals surface area (Å²) >= 11 is 1.16. The van der Waals surface area contributed by atoms with Crippen LogP contribution < -0.4 is 5.32 Å². The van der Waals surface area contributed by atoms with E-state index in [9.17, 15) is 14.7 Å². The Morgan fingerprint density at radius 1 is 1.57 bits per heavy atom. The number of nitrogens with zero attached hydrogens (tertiary/aromatic N) is 2. The number of rotatable bonds is 4. The van der Waals surface area contributed by atoms with Crippen molar-refractivity contribution in [1.29, 1.82) is 0 Å². The number of hydrogen-bond donors (Lipinski definition) is 2. The summed E-state index contributed by atoms with van der Waals surface area (Å²) in [6.07, 6.45) is 3.48. The Morgan fingerprint density at radius 3 is 2.95 bits per heavy atom. The number of thiazole rings is 1. The molecule has 21 heavy (non-hydrogen) atoms. The van der Waals surface area contributed by atoms with Crippen molar-refractivity contribution >= 4 is 23.2 Å². The zero-order valence-electron chi connectivity index (χ0n) is 12.0. The Balaban J connectivity index is 1.62. The minimum atomic E-state index is -0.726. The molecule has 1 aliphatic heterocycles. The number of amides is 2. The van der Waals surface area contributed by atoms with Crippen LogP contribution in [0.15, 0.2) is 5.38 Å². The molecule has 0 radical (unpaired) electrons. The first-order valence-electron chi connectivity index (χ1n) is 7.26. The van der Waals surface area contributed by atoms with E-state index in [4.69, 9.17) is 0 Å². The number of aromatic nitrogens is 1. The predicted octanol–water partition coefficient (Wildman–Crippen LogP) is 1.02. The van der Waals surface area contributed by atoms with Gasteiger partial charge in [0.2, 0.25) is 0 Å². The molecule has 6 nitrogen and oxygen atoms in total. The summed E-state index contributed by atoms with van der Waals surface area (Å²) < 4.78 is 0. The molecule has 1 unspecified atom stereocenters. The maximum Gasteiger partial charge on any atom is 0.280 e. The molecule has 114 valence electrons. The highest BCUT2D eigenvalue weighted by molar-refractivity contribution is 7.11. The van der Waals surface area contributed by atoms with Crippen molar-refractivity contribution in [2.75, 3.05) is 13.1 Å². The van der Waals surface area contributed by atoms with Crippen molar-refractivity contribution in [2.45, 2.75) is 44.2 Å². The normalized spacial score (nSPS) is 23.1. The Bertz CT molecular complexity index is 568. The van der Waals surface area contributed by atoms with Crippen molar-refractivity contribution in [2.24, 2.45) is 0 Å². The summed E-state index contributed by atoms with van der Waals surface area (Å²) in [5.41, 5.74) is -0.389. The smallest absolute Gasteiger partial charge is 0.280 e. The van der Waals surface area contributed by atoms with Gasteiger partial charge in [-0.25, -0.2) is 4.98 Å². The molecule has 2 amide bonds. The Morgan fingerprint density at radius 2 is 2.33 bits per heavy atom. The van der Waals surface area contributed by atoms with Gasteiger partial charge in [-0.2, -0.15) is 0 Å². The third kappa shape index (κ3) is 3.08. The van der Waals surface area contributed by atoms with Gasteiger partial charge >= 0.3 is 0 Å². The molecular formula is C14H19N3O3S. The third-order valence-corrected chi connectivity index (χ3v) is 4.98. The lowest BCUT2D eigenvalue weighted by molar-refractivity contribution is 0.0742. The van der Waals surface area contributed by atoms with Gasteiger partial charge in [0.05, 0.1) is 5.60 Å². The van der Waals surface area contributed by atoms with Crippen LogP contribution in [-0.2, 0) is 0 Å². The van der Waals surface area contributed by atoms with Crippen LogP contribution in [-0.4, -0.2) is 51.5 Å². The summed E-state index contributed by atoms with van der Waals surface area (Å²) in [6, 6.07) is 0.237. The molecule has 2 N–H and O–H groups in total. The van der Waals surface area contributed by atoms with Crippen molar-refractivity contribution in [3.8, 4) is 0 Å². The number of nitrogens with one attached hydrogen (secondary N) is 1. The highest BCUT2D eigenvalue weighted by Gasteiger charge is 2.40. The summed E-state index contributed by atoms with van der Waals surface area (Å²) in [6.45, 7) is 3.03. The molecule has 1 atom stereocenters. The first-order chi connectivity index (χ1) is 9.98. The Kier molecular flexibility index (Phi) is 3.71. The highest BCUT2D eigenvalue weighted by atomic mass is 32.1. The van der Waals surface area contributed by atoms with Gasteiger partial charge in [-0.3, -0.25) is 9.59 Å². The van der Waals surface area contributed by atoms with Gasteiger partial charge in [0, 0.05) is 24.5 Å². The molecular weight excluding hydrogens is 290 g/mol. The standard InChI is InChI=1S/C14H19N3O3S/c1-9-3-2-6-17(9)13(19)10-7-21-12(16-10)11(18)15-8-14(20)4-5-14/h7,9,20H,2-6,8H2,1H3,(H,15,18). The molecule has 0 aromatic carbocycles. The molecule has 2 fully saturated rings. The second-order valence-electron chi connectivity index (χ2n) is 5.93.